The molecule has 1 saturated carbocycles. The van der Waals surface area contributed by atoms with Gasteiger partial charge >= 0.3 is 5.69 Å². The molecule has 2 unspecified atom stereocenters. The highest BCUT2D eigenvalue weighted by molar-refractivity contribution is 6.08. The Kier molecular flexibility index (Phi) is 11.5. The van der Waals surface area contributed by atoms with E-state index >= 15 is 8.78 Å². The number of halogens is 4. The topological polar surface area (TPSA) is 169 Å². The van der Waals surface area contributed by atoms with Crippen molar-refractivity contribution in [2.24, 2.45) is 13.0 Å². The van der Waals surface area contributed by atoms with Crippen LogP contribution in [0.15, 0.2) is 47.7 Å². The molecule has 1 aromatic carbocycles. The molecule has 7 heterocycles. The van der Waals surface area contributed by atoms with E-state index in [4.69, 9.17) is 9.72 Å². The summed E-state index contributed by atoms with van der Waals surface area (Å²) in [5.74, 6) is -4.03. The van der Waals surface area contributed by atoms with Crippen LogP contribution in [0.5, 0.6) is 0 Å². The molecule has 4 aromatic heterocycles. The molecule has 2 atom stereocenters. The molecule has 0 bridgehead atoms. The number of imidazole rings is 1. The molecule has 3 saturated heterocycles. The first kappa shape index (κ1) is 45.3. The Bertz CT molecular complexity index is 2740. The summed E-state index contributed by atoms with van der Waals surface area (Å²) in [7, 11) is 3.27. The van der Waals surface area contributed by atoms with Crippen molar-refractivity contribution < 1.29 is 36.7 Å². The highest BCUT2D eigenvalue weighted by Crippen LogP contribution is 2.40. The Hall–Kier alpha value is -5.83. The standard InChI is InChI=1S/C45H56F4N12O5/c1-43(2)23-58(24-44(3,4)66-43)34-17-19-59-39(52-34)28(20-50-59)40(63)51-29-22-60(54-36(29)38(46)47)27-12-10-26(11-13-27)21-55(5)33-16-18-57(25-45(33,48)49)30-8-7-9-31-37(30)56(6)42(65)61(31)32-14-15-35(62)53-41(32)64/h7-9,17,19-20,22,26-27,32-33,38H,10-16,18,21,23-25H2,1-6H3,(H,51,63)(H,53,62,64). The molecule has 2 N–H and O–H groups in total. The number of piperidine rings is 2. The molecule has 4 fully saturated rings. The maximum absolute atomic E-state index is 16.2. The number of nitrogens with zero attached hydrogens (tertiary/aromatic N) is 10. The van der Waals surface area contributed by atoms with E-state index in [1.54, 1.807) is 48.3 Å². The van der Waals surface area contributed by atoms with E-state index in [2.05, 4.69) is 25.7 Å². The van der Waals surface area contributed by atoms with Crippen LogP contribution in [0.25, 0.3) is 16.7 Å². The fraction of sp³-hybridized carbons (Fsp3) is 0.578. The highest BCUT2D eigenvalue weighted by Gasteiger charge is 2.48. The second-order valence-electron chi connectivity index (χ2n) is 19.7. The van der Waals surface area contributed by atoms with Gasteiger partial charge in [0.15, 0.2) is 11.3 Å². The number of benzene rings is 1. The van der Waals surface area contributed by atoms with Crippen LogP contribution < -0.4 is 26.1 Å². The van der Waals surface area contributed by atoms with Gasteiger partial charge in [0.25, 0.3) is 18.3 Å². The summed E-state index contributed by atoms with van der Waals surface area (Å²) in [6, 6.07) is 4.72. The van der Waals surface area contributed by atoms with Crippen molar-refractivity contribution in [3.8, 4) is 0 Å². The van der Waals surface area contributed by atoms with Crippen LogP contribution >= 0.6 is 0 Å². The van der Waals surface area contributed by atoms with E-state index in [0.717, 1.165) is 0 Å². The molecule has 66 heavy (non-hydrogen) atoms. The van der Waals surface area contributed by atoms with Crippen LogP contribution in [-0.2, 0) is 21.4 Å². The molecule has 4 aliphatic rings. The van der Waals surface area contributed by atoms with Crippen LogP contribution in [0.1, 0.15) is 107 Å². The molecule has 3 aliphatic heterocycles. The lowest BCUT2D eigenvalue weighted by molar-refractivity contribution is -0.136. The Morgan fingerprint density at radius 3 is 2.39 bits per heavy atom. The summed E-state index contributed by atoms with van der Waals surface area (Å²) >= 11 is 0. The molecule has 21 heteroatoms. The first-order chi connectivity index (χ1) is 31.2. The van der Waals surface area contributed by atoms with Crippen LogP contribution in [0.3, 0.4) is 0 Å². The summed E-state index contributed by atoms with van der Waals surface area (Å²) in [6.45, 7) is 9.31. The monoisotopic (exact) mass is 920 g/mol. The number of para-hydroxylation sites is 1. The van der Waals surface area contributed by atoms with E-state index in [-0.39, 0.29) is 48.1 Å². The smallest absolute Gasteiger partial charge is 0.329 e. The SMILES string of the molecule is CN(CC1CCC(n2cc(NC(=O)c3cnn4ccc(N5CC(C)(C)OC(C)(C)C5)nc34)c(C(F)F)n2)CC1)C1CCN(c2cccc3c2n(C)c(=O)n3C2CCC(=O)NC2=O)CC1(F)F. The minimum Gasteiger partial charge on any atom is -0.366 e. The number of aryl methyl sites for hydroxylation is 1. The normalized spacial score (nSPS) is 24.4. The first-order valence-corrected chi connectivity index (χ1v) is 22.5. The number of anilines is 3. The number of carbonyl (C=O) groups is 3. The van der Waals surface area contributed by atoms with Gasteiger partial charge in [-0.3, -0.25) is 38.4 Å². The van der Waals surface area contributed by atoms with Crippen molar-refractivity contribution in [2.45, 2.75) is 114 Å². The van der Waals surface area contributed by atoms with Crippen molar-refractivity contribution in [2.75, 3.05) is 54.9 Å². The number of alkyl halides is 4. The van der Waals surface area contributed by atoms with E-state index in [0.29, 0.717) is 74.4 Å². The number of carbonyl (C=O) groups excluding carboxylic acids is 3. The summed E-state index contributed by atoms with van der Waals surface area (Å²) in [5, 5.41) is 13.5. The molecule has 3 amide bonds. The largest absolute Gasteiger partial charge is 0.366 e. The zero-order valence-corrected chi connectivity index (χ0v) is 37.9. The summed E-state index contributed by atoms with van der Waals surface area (Å²) < 4.78 is 73.2. The van der Waals surface area contributed by atoms with E-state index < -0.39 is 71.3 Å². The van der Waals surface area contributed by atoms with Gasteiger partial charge in [0.1, 0.15) is 17.4 Å². The average Bonchev–Trinajstić information content (AvgIpc) is 3.93. The minimum absolute atomic E-state index is 0.0855. The number of rotatable bonds is 10. The number of hydrogen-bond acceptors (Lipinski definition) is 11. The Morgan fingerprint density at radius 1 is 0.985 bits per heavy atom. The molecule has 5 aromatic rings. The summed E-state index contributed by atoms with van der Waals surface area (Å²) in [4.78, 5) is 61.9. The minimum atomic E-state index is -3.11. The number of imide groups is 1. The quantitative estimate of drug-likeness (QED) is 0.130. The van der Waals surface area contributed by atoms with Crippen molar-refractivity contribution in [3.63, 3.8) is 0 Å². The van der Waals surface area contributed by atoms with Crippen LogP contribution in [0.2, 0.25) is 0 Å². The van der Waals surface area contributed by atoms with Crippen LogP contribution in [0.4, 0.5) is 34.8 Å². The molecule has 1 aliphatic carbocycles. The maximum atomic E-state index is 16.2. The molecular weight excluding hydrogens is 865 g/mol. The van der Waals surface area contributed by atoms with Gasteiger partial charge in [-0.05, 0) is 97.4 Å². The van der Waals surface area contributed by atoms with Gasteiger partial charge in [-0.15, -0.1) is 0 Å². The molecular formula is C45H56F4N12O5. The van der Waals surface area contributed by atoms with Crippen LogP contribution in [0, 0.1) is 5.92 Å². The van der Waals surface area contributed by atoms with Crippen molar-refractivity contribution >= 4 is 51.6 Å². The Balaban J connectivity index is 0.830. The Labute approximate surface area is 378 Å². The van der Waals surface area contributed by atoms with Crippen molar-refractivity contribution in [1.29, 1.82) is 0 Å². The number of morpholine rings is 1. The highest BCUT2D eigenvalue weighted by atomic mass is 19.3. The molecule has 0 spiro atoms. The lowest BCUT2D eigenvalue weighted by atomic mass is 9.85. The number of fused-ring (bicyclic) bond motifs is 2. The third kappa shape index (κ3) is 8.54. The third-order valence-electron chi connectivity index (χ3n) is 13.6. The Morgan fingerprint density at radius 2 is 1.71 bits per heavy atom. The second kappa shape index (κ2) is 16.8. The van der Waals surface area contributed by atoms with Crippen molar-refractivity contribution in [1.82, 2.24) is 43.7 Å². The van der Waals surface area contributed by atoms with Gasteiger partial charge in [0.05, 0.1) is 58.4 Å². The van der Waals surface area contributed by atoms with Gasteiger partial charge in [-0.1, -0.05) is 6.07 Å². The number of hydrogen-bond donors (Lipinski definition) is 2. The average molecular weight is 921 g/mol. The van der Waals surface area contributed by atoms with E-state index in [9.17, 15) is 28.0 Å². The molecule has 9 rings (SSSR count). The predicted octanol–water partition coefficient (Wildman–Crippen LogP) is 5.72. The fourth-order valence-electron chi connectivity index (χ4n) is 10.9. The van der Waals surface area contributed by atoms with Crippen molar-refractivity contribution in [3.05, 3.63) is 64.6 Å². The zero-order valence-electron chi connectivity index (χ0n) is 37.9. The van der Waals surface area contributed by atoms with E-state index in [1.807, 2.05) is 33.8 Å². The zero-order chi connectivity index (χ0) is 47.0. The van der Waals surface area contributed by atoms with Gasteiger partial charge in [0.2, 0.25) is 11.8 Å². The third-order valence-corrected chi connectivity index (χ3v) is 13.6. The van der Waals surface area contributed by atoms with E-state index in [1.165, 1.54) is 30.7 Å². The predicted molar refractivity (Wildman–Crippen MR) is 237 cm³/mol. The van der Waals surface area contributed by atoms with Gasteiger partial charge < -0.3 is 19.9 Å². The second-order valence-corrected chi connectivity index (χ2v) is 19.7. The van der Waals surface area contributed by atoms with Crippen LogP contribution in [-0.4, -0.2) is 119 Å². The summed E-state index contributed by atoms with van der Waals surface area (Å²) in [5.41, 5.74) is -0.297. The van der Waals surface area contributed by atoms with Gasteiger partial charge in [-0.25, -0.2) is 31.9 Å². The number of amides is 3. The van der Waals surface area contributed by atoms with Gasteiger partial charge in [-0.2, -0.15) is 10.2 Å². The fourth-order valence-corrected chi connectivity index (χ4v) is 10.9. The lowest BCUT2D eigenvalue weighted by Crippen LogP contribution is -2.58. The first-order valence-electron chi connectivity index (χ1n) is 22.5. The summed E-state index contributed by atoms with van der Waals surface area (Å²) in [6.07, 6.45) is 4.45. The maximum Gasteiger partial charge on any atom is 0.329 e. The molecule has 354 valence electrons. The number of nitrogens with one attached hydrogen (secondary N) is 2. The number of aromatic nitrogens is 7. The molecule has 17 nitrogen and oxygen atoms in total. The lowest BCUT2D eigenvalue weighted by Gasteiger charge is -2.47. The number of ether oxygens (including phenoxy) is 1. The molecule has 0 radical (unpaired) electrons. The van der Waals surface area contributed by atoms with Gasteiger partial charge in [0, 0.05) is 52.0 Å².